The van der Waals surface area contributed by atoms with Crippen LogP contribution in [0.4, 0.5) is 4.79 Å². The van der Waals surface area contributed by atoms with Crippen molar-refractivity contribution in [1.82, 2.24) is 20.2 Å². The van der Waals surface area contributed by atoms with E-state index in [0.717, 1.165) is 11.3 Å². The second-order valence-electron chi connectivity index (χ2n) is 4.62. The zero-order valence-electron chi connectivity index (χ0n) is 12.5. The highest BCUT2D eigenvalue weighted by Gasteiger charge is 2.11. The molecule has 2 aromatic rings. The SMILES string of the molecule is CCNC(=O)NC(=O)CSc1nccn1-c1cccc(C)c1. The first-order valence-electron chi connectivity index (χ1n) is 6.91. The molecule has 0 aliphatic carbocycles. The van der Waals surface area contributed by atoms with Gasteiger partial charge in [-0.05, 0) is 31.5 Å². The number of hydrogen-bond donors (Lipinski definition) is 2. The number of imidazole rings is 1. The van der Waals surface area contributed by atoms with Crippen LogP contribution in [0.25, 0.3) is 5.69 Å². The van der Waals surface area contributed by atoms with Crippen molar-refractivity contribution < 1.29 is 9.59 Å². The summed E-state index contributed by atoms with van der Waals surface area (Å²) in [6, 6.07) is 7.54. The Morgan fingerprint density at radius 1 is 1.36 bits per heavy atom. The molecule has 2 rings (SSSR count). The maximum atomic E-state index is 11.7. The van der Waals surface area contributed by atoms with Crippen LogP contribution in [-0.2, 0) is 4.79 Å². The third-order valence-electron chi connectivity index (χ3n) is 2.81. The molecular formula is C15H18N4O2S. The quantitative estimate of drug-likeness (QED) is 0.828. The van der Waals surface area contributed by atoms with Crippen molar-refractivity contribution in [3.8, 4) is 5.69 Å². The molecule has 0 unspecified atom stereocenters. The molecule has 3 amide bonds. The standard InChI is InChI=1S/C15H18N4O2S/c1-3-16-14(21)18-13(20)10-22-15-17-7-8-19(15)12-6-4-5-11(2)9-12/h4-9H,3,10H2,1-2H3,(H2,16,18,20,21). The second kappa shape index (κ2) is 7.65. The van der Waals surface area contributed by atoms with Gasteiger partial charge in [0, 0.05) is 24.6 Å². The van der Waals surface area contributed by atoms with Gasteiger partial charge in [0.1, 0.15) is 0 Å². The summed E-state index contributed by atoms with van der Waals surface area (Å²) in [5.74, 6) is -0.227. The molecular weight excluding hydrogens is 300 g/mol. The Morgan fingerprint density at radius 2 is 2.18 bits per heavy atom. The van der Waals surface area contributed by atoms with Gasteiger partial charge in [-0.2, -0.15) is 0 Å². The molecule has 7 heteroatoms. The van der Waals surface area contributed by atoms with Crippen molar-refractivity contribution >= 4 is 23.7 Å². The summed E-state index contributed by atoms with van der Waals surface area (Å²) >= 11 is 1.28. The fraction of sp³-hybridized carbons (Fsp3) is 0.267. The van der Waals surface area contributed by atoms with Gasteiger partial charge in [-0.15, -0.1) is 0 Å². The molecule has 1 heterocycles. The van der Waals surface area contributed by atoms with Crippen molar-refractivity contribution in [2.75, 3.05) is 12.3 Å². The molecule has 0 spiro atoms. The molecule has 116 valence electrons. The number of urea groups is 1. The minimum atomic E-state index is -0.477. The Labute approximate surface area is 133 Å². The predicted molar refractivity (Wildman–Crippen MR) is 86.2 cm³/mol. The van der Waals surface area contributed by atoms with Gasteiger partial charge in [-0.3, -0.25) is 14.7 Å². The molecule has 1 aromatic carbocycles. The van der Waals surface area contributed by atoms with Crippen LogP contribution in [0.5, 0.6) is 0 Å². The Hall–Kier alpha value is -2.28. The van der Waals surface area contributed by atoms with E-state index in [-0.39, 0.29) is 11.7 Å². The zero-order valence-corrected chi connectivity index (χ0v) is 13.3. The van der Waals surface area contributed by atoms with E-state index in [1.165, 1.54) is 11.8 Å². The molecule has 0 fully saturated rings. The average molecular weight is 318 g/mol. The lowest BCUT2D eigenvalue weighted by atomic mass is 10.2. The molecule has 6 nitrogen and oxygen atoms in total. The van der Waals surface area contributed by atoms with Crippen LogP contribution in [-0.4, -0.2) is 33.8 Å². The third-order valence-corrected chi connectivity index (χ3v) is 3.78. The van der Waals surface area contributed by atoms with Crippen LogP contribution < -0.4 is 10.6 Å². The lowest BCUT2D eigenvalue weighted by Crippen LogP contribution is -2.40. The number of carbonyl (C=O) groups is 2. The van der Waals surface area contributed by atoms with E-state index in [4.69, 9.17) is 0 Å². The molecule has 1 aromatic heterocycles. The van der Waals surface area contributed by atoms with Crippen molar-refractivity contribution in [3.05, 3.63) is 42.2 Å². The molecule has 0 aliphatic heterocycles. The lowest BCUT2D eigenvalue weighted by Gasteiger charge is -2.08. The summed E-state index contributed by atoms with van der Waals surface area (Å²) in [6.07, 6.45) is 3.53. The fourth-order valence-electron chi connectivity index (χ4n) is 1.87. The van der Waals surface area contributed by atoms with Crippen LogP contribution >= 0.6 is 11.8 Å². The van der Waals surface area contributed by atoms with Crippen LogP contribution in [0, 0.1) is 6.92 Å². The molecule has 0 bridgehead atoms. The number of amides is 3. The van der Waals surface area contributed by atoms with Gasteiger partial charge >= 0.3 is 6.03 Å². The normalized spacial score (nSPS) is 10.3. The first-order valence-corrected chi connectivity index (χ1v) is 7.89. The smallest absolute Gasteiger partial charge is 0.321 e. The third kappa shape index (κ3) is 4.36. The molecule has 0 aliphatic rings. The number of hydrogen-bond acceptors (Lipinski definition) is 4. The summed E-state index contributed by atoms with van der Waals surface area (Å²) in [6.45, 7) is 4.29. The largest absolute Gasteiger partial charge is 0.338 e. The number of nitrogens with zero attached hydrogens (tertiary/aromatic N) is 2. The Morgan fingerprint density at radius 3 is 2.91 bits per heavy atom. The van der Waals surface area contributed by atoms with E-state index in [1.807, 2.05) is 42.0 Å². The number of benzene rings is 1. The van der Waals surface area contributed by atoms with Crippen LogP contribution in [0.3, 0.4) is 0 Å². The molecule has 22 heavy (non-hydrogen) atoms. The van der Waals surface area contributed by atoms with Crippen LogP contribution in [0.15, 0.2) is 41.8 Å². The number of thioether (sulfide) groups is 1. The number of aromatic nitrogens is 2. The number of carbonyl (C=O) groups excluding carboxylic acids is 2. The maximum absolute atomic E-state index is 11.7. The van der Waals surface area contributed by atoms with Gasteiger partial charge in [0.05, 0.1) is 5.75 Å². The molecule has 0 atom stereocenters. The van der Waals surface area contributed by atoms with Gasteiger partial charge in [0.15, 0.2) is 5.16 Å². The summed E-state index contributed by atoms with van der Waals surface area (Å²) < 4.78 is 1.91. The molecule has 2 N–H and O–H groups in total. The highest BCUT2D eigenvalue weighted by Crippen LogP contribution is 2.20. The van der Waals surface area contributed by atoms with E-state index < -0.39 is 6.03 Å². The highest BCUT2D eigenvalue weighted by atomic mass is 32.2. The summed E-state index contributed by atoms with van der Waals surface area (Å²) in [7, 11) is 0. The van der Waals surface area contributed by atoms with Crippen molar-refractivity contribution in [2.45, 2.75) is 19.0 Å². The van der Waals surface area contributed by atoms with Gasteiger partial charge in [0.2, 0.25) is 5.91 Å². The van der Waals surface area contributed by atoms with Gasteiger partial charge in [-0.1, -0.05) is 23.9 Å². The van der Waals surface area contributed by atoms with E-state index in [2.05, 4.69) is 15.6 Å². The van der Waals surface area contributed by atoms with Crippen molar-refractivity contribution in [1.29, 1.82) is 0 Å². The van der Waals surface area contributed by atoms with Crippen molar-refractivity contribution in [2.24, 2.45) is 0 Å². The monoisotopic (exact) mass is 318 g/mol. The Kier molecular flexibility index (Phi) is 5.60. The second-order valence-corrected chi connectivity index (χ2v) is 5.56. The van der Waals surface area contributed by atoms with E-state index >= 15 is 0 Å². The molecule has 0 saturated carbocycles. The molecule has 0 saturated heterocycles. The lowest BCUT2D eigenvalue weighted by molar-refractivity contribution is -0.117. The topological polar surface area (TPSA) is 76.0 Å². The zero-order chi connectivity index (χ0) is 15.9. The number of imide groups is 1. The highest BCUT2D eigenvalue weighted by molar-refractivity contribution is 7.99. The Balaban J connectivity index is 1.99. The summed E-state index contributed by atoms with van der Waals surface area (Å²) in [4.78, 5) is 27.2. The van der Waals surface area contributed by atoms with E-state index in [1.54, 1.807) is 13.1 Å². The minimum Gasteiger partial charge on any atom is -0.338 e. The Bertz CT molecular complexity index is 669. The average Bonchev–Trinajstić information content (AvgIpc) is 2.93. The first-order chi connectivity index (χ1) is 10.6. The first kappa shape index (κ1) is 16.1. The van der Waals surface area contributed by atoms with Gasteiger partial charge < -0.3 is 5.32 Å². The van der Waals surface area contributed by atoms with Gasteiger partial charge in [0.25, 0.3) is 0 Å². The number of aryl methyl sites for hydroxylation is 1. The predicted octanol–water partition coefficient (Wildman–Crippen LogP) is 2.12. The fourth-order valence-corrected chi connectivity index (χ4v) is 2.64. The maximum Gasteiger partial charge on any atom is 0.321 e. The number of rotatable bonds is 5. The van der Waals surface area contributed by atoms with E-state index in [9.17, 15) is 9.59 Å². The van der Waals surface area contributed by atoms with Crippen molar-refractivity contribution in [3.63, 3.8) is 0 Å². The van der Waals surface area contributed by atoms with Crippen LogP contribution in [0.2, 0.25) is 0 Å². The molecule has 0 radical (unpaired) electrons. The minimum absolute atomic E-state index is 0.125. The number of nitrogens with one attached hydrogen (secondary N) is 2. The van der Waals surface area contributed by atoms with Crippen LogP contribution in [0.1, 0.15) is 12.5 Å². The summed E-state index contributed by atoms with van der Waals surface area (Å²) in [5.41, 5.74) is 2.14. The summed E-state index contributed by atoms with van der Waals surface area (Å²) in [5, 5.41) is 5.48. The van der Waals surface area contributed by atoms with Gasteiger partial charge in [-0.25, -0.2) is 9.78 Å². The van der Waals surface area contributed by atoms with E-state index in [0.29, 0.717) is 11.7 Å².